The van der Waals surface area contributed by atoms with Crippen LogP contribution in [0.4, 0.5) is 0 Å². The highest BCUT2D eigenvalue weighted by Crippen LogP contribution is 2.35. The first-order valence-electron chi connectivity index (χ1n) is 6.89. The predicted octanol–water partition coefficient (Wildman–Crippen LogP) is 3.07. The summed E-state index contributed by atoms with van der Waals surface area (Å²) >= 11 is 0. The van der Waals surface area contributed by atoms with Gasteiger partial charge in [-0.05, 0) is 37.1 Å². The van der Waals surface area contributed by atoms with Gasteiger partial charge in [-0.2, -0.15) is 0 Å². The minimum Gasteiger partial charge on any atom is -0.384 e. The van der Waals surface area contributed by atoms with Crippen LogP contribution in [0.1, 0.15) is 46.5 Å². The molecular weight excluding hydrogens is 198 g/mol. The van der Waals surface area contributed by atoms with Crippen LogP contribution in [-0.2, 0) is 4.74 Å². The summed E-state index contributed by atoms with van der Waals surface area (Å²) in [6.07, 6.45) is 5.51. The molecule has 0 saturated heterocycles. The van der Waals surface area contributed by atoms with E-state index in [1.165, 1.54) is 32.2 Å². The number of hydrogen-bond donors (Lipinski definition) is 1. The van der Waals surface area contributed by atoms with Gasteiger partial charge in [-0.15, -0.1) is 0 Å². The Hall–Kier alpha value is -0.0800. The van der Waals surface area contributed by atoms with E-state index < -0.39 is 0 Å². The molecular formula is C14H29NO. The van der Waals surface area contributed by atoms with Gasteiger partial charge in [0.2, 0.25) is 0 Å². The second-order valence-electron chi connectivity index (χ2n) is 5.63. The molecule has 0 aliphatic heterocycles. The average Bonchev–Trinajstić information content (AvgIpc) is 2.27. The van der Waals surface area contributed by atoms with E-state index >= 15 is 0 Å². The second-order valence-corrected chi connectivity index (χ2v) is 5.63. The number of rotatable bonds is 6. The molecule has 2 heteroatoms. The average molecular weight is 227 g/mol. The first-order chi connectivity index (χ1) is 7.67. The van der Waals surface area contributed by atoms with Gasteiger partial charge in [0.25, 0.3) is 0 Å². The third kappa shape index (κ3) is 4.42. The highest BCUT2D eigenvalue weighted by atomic mass is 16.5. The predicted molar refractivity (Wildman–Crippen MR) is 69.6 cm³/mol. The Morgan fingerprint density at radius 2 is 2.00 bits per heavy atom. The van der Waals surface area contributed by atoms with Gasteiger partial charge in [0.15, 0.2) is 0 Å². The van der Waals surface area contributed by atoms with Crippen LogP contribution in [0.25, 0.3) is 0 Å². The summed E-state index contributed by atoms with van der Waals surface area (Å²) < 4.78 is 5.38. The van der Waals surface area contributed by atoms with E-state index in [0.29, 0.717) is 6.04 Å². The number of hydrogen-bond acceptors (Lipinski definition) is 2. The van der Waals surface area contributed by atoms with Gasteiger partial charge >= 0.3 is 0 Å². The molecule has 1 saturated carbocycles. The monoisotopic (exact) mass is 227 g/mol. The molecule has 0 aromatic rings. The van der Waals surface area contributed by atoms with Crippen LogP contribution in [0.5, 0.6) is 0 Å². The Morgan fingerprint density at radius 3 is 2.56 bits per heavy atom. The fraction of sp³-hybridized carbons (Fsp3) is 1.00. The van der Waals surface area contributed by atoms with Crippen molar-refractivity contribution in [2.75, 3.05) is 20.3 Å². The van der Waals surface area contributed by atoms with E-state index in [1.807, 2.05) is 7.11 Å². The van der Waals surface area contributed by atoms with Gasteiger partial charge in [0.05, 0.1) is 0 Å². The highest BCUT2D eigenvalue weighted by molar-refractivity contribution is 4.81. The fourth-order valence-electron chi connectivity index (χ4n) is 2.87. The smallest absolute Gasteiger partial charge is 0.0493 e. The standard InChI is InChI=1S/C14H29NO/c1-5-12-6-7-13(9-15-11(2)3)14(8-12)10-16-4/h11-15H,5-10H2,1-4H3. The molecule has 0 heterocycles. The molecule has 0 bridgehead atoms. The molecule has 3 unspecified atom stereocenters. The van der Waals surface area contributed by atoms with Crippen LogP contribution in [0.2, 0.25) is 0 Å². The largest absolute Gasteiger partial charge is 0.384 e. The summed E-state index contributed by atoms with van der Waals surface area (Å²) in [6, 6.07) is 0.604. The minimum atomic E-state index is 0.604. The molecule has 1 N–H and O–H groups in total. The van der Waals surface area contributed by atoms with Crippen molar-refractivity contribution in [3.05, 3.63) is 0 Å². The Bertz CT molecular complexity index is 182. The first kappa shape index (κ1) is 14.0. The van der Waals surface area contributed by atoms with Crippen molar-refractivity contribution in [2.45, 2.75) is 52.5 Å². The van der Waals surface area contributed by atoms with Crippen LogP contribution < -0.4 is 5.32 Å². The molecule has 1 aliphatic rings. The maximum Gasteiger partial charge on any atom is 0.0493 e. The maximum atomic E-state index is 5.38. The van der Waals surface area contributed by atoms with Crippen LogP contribution >= 0.6 is 0 Å². The van der Waals surface area contributed by atoms with Gasteiger partial charge in [-0.1, -0.05) is 33.6 Å². The van der Waals surface area contributed by atoms with E-state index in [9.17, 15) is 0 Å². The van der Waals surface area contributed by atoms with Crippen molar-refractivity contribution in [3.63, 3.8) is 0 Å². The summed E-state index contributed by atoms with van der Waals surface area (Å²) in [5.41, 5.74) is 0. The van der Waals surface area contributed by atoms with Crippen LogP contribution in [0, 0.1) is 17.8 Å². The van der Waals surface area contributed by atoms with Crippen LogP contribution in [0.15, 0.2) is 0 Å². The van der Waals surface area contributed by atoms with Gasteiger partial charge in [0, 0.05) is 19.8 Å². The Kier molecular flexibility index (Phi) is 6.37. The minimum absolute atomic E-state index is 0.604. The van der Waals surface area contributed by atoms with E-state index in [4.69, 9.17) is 4.74 Å². The third-order valence-corrected chi connectivity index (χ3v) is 3.99. The van der Waals surface area contributed by atoms with E-state index in [2.05, 4.69) is 26.1 Å². The third-order valence-electron chi connectivity index (χ3n) is 3.99. The Morgan fingerprint density at radius 1 is 1.25 bits per heavy atom. The van der Waals surface area contributed by atoms with Gasteiger partial charge < -0.3 is 10.1 Å². The molecule has 1 fully saturated rings. The molecule has 2 nitrogen and oxygen atoms in total. The summed E-state index contributed by atoms with van der Waals surface area (Å²) in [4.78, 5) is 0. The summed E-state index contributed by atoms with van der Waals surface area (Å²) in [5.74, 6) is 2.54. The molecule has 1 rings (SSSR count). The van der Waals surface area contributed by atoms with Crippen molar-refractivity contribution < 1.29 is 4.74 Å². The lowest BCUT2D eigenvalue weighted by atomic mass is 9.73. The zero-order chi connectivity index (χ0) is 12.0. The van der Waals surface area contributed by atoms with Crippen LogP contribution in [-0.4, -0.2) is 26.3 Å². The van der Waals surface area contributed by atoms with Crippen molar-refractivity contribution in [1.82, 2.24) is 5.32 Å². The van der Waals surface area contributed by atoms with Gasteiger partial charge in [-0.25, -0.2) is 0 Å². The van der Waals surface area contributed by atoms with E-state index in [-0.39, 0.29) is 0 Å². The summed E-state index contributed by atoms with van der Waals surface area (Å²) in [7, 11) is 1.84. The van der Waals surface area contributed by atoms with Gasteiger partial charge in [-0.3, -0.25) is 0 Å². The number of nitrogens with one attached hydrogen (secondary N) is 1. The highest BCUT2D eigenvalue weighted by Gasteiger charge is 2.29. The maximum absolute atomic E-state index is 5.38. The van der Waals surface area contributed by atoms with Gasteiger partial charge in [0.1, 0.15) is 0 Å². The molecule has 96 valence electrons. The molecule has 0 radical (unpaired) electrons. The molecule has 0 spiro atoms. The van der Waals surface area contributed by atoms with Crippen molar-refractivity contribution in [3.8, 4) is 0 Å². The zero-order valence-electron chi connectivity index (χ0n) is 11.5. The van der Waals surface area contributed by atoms with Crippen molar-refractivity contribution in [2.24, 2.45) is 17.8 Å². The van der Waals surface area contributed by atoms with E-state index in [1.54, 1.807) is 0 Å². The first-order valence-corrected chi connectivity index (χ1v) is 6.89. The SMILES string of the molecule is CCC1CCC(CNC(C)C)C(COC)C1. The number of methoxy groups -OCH3 is 1. The fourth-order valence-corrected chi connectivity index (χ4v) is 2.87. The Balaban J connectivity index is 2.41. The molecule has 0 amide bonds. The second kappa shape index (κ2) is 7.29. The molecule has 3 atom stereocenters. The topological polar surface area (TPSA) is 21.3 Å². The van der Waals surface area contributed by atoms with Crippen molar-refractivity contribution >= 4 is 0 Å². The van der Waals surface area contributed by atoms with Crippen molar-refractivity contribution in [1.29, 1.82) is 0 Å². The summed E-state index contributed by atoms with van der Waals surface area (Å²) in [5, 5.41) is 3.58. The lowest BCUT2D eigenvalue weighted by molar-refractivity contribution is 0.0717. The van der Waals surface area contributed by atoms with E-state index in [0.717, 1.165) is 24.4 Å². The molecule has 1 aliphatic carbocycles. The summed E-state index contributed by atoms with van der Waals surface area (Å²) in [6.45, 7) is 8.89. The number of ether oxygens (including phenoxy) is 1. The quantitative estimate of drug-likeness (QED) is 0.753. The molecule has 0 aromatic heterocycles. The lowest BCUT2D eigenvalue weighted by Crippen LogP contribution is -2.37. The van der Waals surface area contributed by atoms with Crippen LogP contribution in [0.3, 0.4) is 0 Å². The molecule has 0 aromatic carbocycles. The Labute approximate surface area is 101 Å². The normalized spacial score (nSPS) is 30.9. The lowest BCUT2D eigenvalue weighted by Gasteiger charge is -2.36. The zero-order valence-corrected chi connectivity index (χ0v) is 11.5. The molecule has 16 heavy (non-hydrogen) atoms.